The number of carbonyl (C=O) groups is 1. The van der Waals surface area contributed by atoms with Crippen molar-refractivity contribution in [1.82, 2.24) is 9.97 Å². The molecule has 1 saturated heterocycles. The van der Waals surface area contributed by atoms with Crippen LogP contribution in [0.3, 0.4) is 0 Å². The van der Waals surface area contributed by atoms with Crippen LogP contribution in [0.5, 0.6) is 0 Å². The minimum absolute atomic E-state index is 0.290. The van der Waals surface area contributed by atoms with Crippen molar-refractivity contribution in [1.29, 1.82) is 0 Å². The number of amides is 1. The van der Waals surface area contributed by atoms with Gasteiger partial charge in [0, 0.05) is 36.2 Å². The molecule has 9 heteroatoms. The van der Waals surface area contributed by atoms with E-state index in [0.29, 0.717) is 19.9 Å². The van der Waals surface area contributed by atoms with Gasteiger partial charge in [-0.3, -0.25) is 4.79 Å². The molecule has 1 fully saturated rings. The number of hydrogen-bond acceptors (Lipinski definition) is 6. The van der Waals surface area contributed by atoms with Crippen molar-refractivity contribution in [2.75, 3.05) is 28.6 Å². The highest BCUT2D eigenvalue weighted by Crippen LogP contribution is 2.31. The van der Waals surface area contributed by atoms with E-state index in [2.05, 4.69) is 25.5 Å². The molecule has 1 amide bonds. The van der Waals surface area contributed by atoms with Crippen LogP contribution in [0, 0.1) is 6.92 Å². The summed E-state index contributed by atoms with van der Waals surface area (Å²) in [6.45, 7) is 3.97. The number of nitrogens with zero attached hydrogens (tertiary/aromatic N) is 3. The van der Waals surface area contributed by atoms with Crippen LogP contribution in [0.4, 0.5) is 23.1 Å². The van der Waals surface area contributed by atoms with Gasteiger partial charge in [0.15, 0.2) is 0 Å². The average molecular weight is 462 g/mol. The van der Waals surface area contributed by atoms with Crippen LogP contribution >= 0.6 is 34.5 Å². The number of halogens is 2. The Bertz CT molecular complexity index is 1050. The zero-order valence-electron chi connectivity index (χ0n) is 16.4. The van der Waals surface area contributed by atoms with Gasteiger partial charge >= 0.3 is 0 Å². The summed E-state index contributed by atoms with van der Waals surface area (Å²) in [5.41, 5.74) is 2.82. The van der Waals surface area contributed by atoms with Gasteiger partial charge in [-0.05, 0) is 56.5 Å². The Kier molecular flexibility index (Phi) is 6.41. The maximum atomic E-state index is 12.4. The highest BCUT2D eigenvalue weighted by Gasteiger charge is 2.16. The molecule has 3 aromatic rings. The lowest BCUT2D eigenvalue weighted by molar-refractivity contribution is 0.102. The van der Waals surface area contributed by atoms with Gasteiger partial charge in [0.25, 0.3) is 5.91 Å². The Morgan fingerprint density at radius 1 is 1.03 bits per heavy atom. The van der Waals surface area contributed by atoms with E-state index < -0.39 is 0 Å². The summed E-state index contributed by atoms with van der Waals surface area (Å²) in [5, 5.41) is 6.15. The third-order valence-electron chi connectivity index (χ3n) is 4.80. The number of benzene rings is 1. The number of carbonyl (C=O) groups excluding carboxylic acids is 1. The molecule has 1 aliphatic heterocycles. The van der Waals surface area contributed by atoms with E-state index in [4.69, 9.17) is 23.2 Å². The number of thiophene rings is 1. The van der Waals surface area contributed by atoms with E-state index in [0.717, 1.165) is 36.2 Å². The maximum Gasteiger partial charge on any atom is 0.258 e. The largest absolute Gasteiger partial charge is 0.341 e. The second-order valence-corrected chi connectivity index (χ2v) is 9.42. The lowest BCUT2D eigenvalue weighted by Crippen LogP contribution is -2.31. The Hall–Kier alpha value is -2.35. The first kappa shape index (κ1) is 20.9. The second-order valence-electron chi connectivity index (χ2n) is 7.14. The maximum absolute atomic E-state index is 12.4. The van der Waals surface area contributed by atoms with Crippen molar-refractivity contribution in [2.45, 2.75) is 26.2 Å². The van der Waals surface area contributed by atoms with Crippen molar-refractivity contribution in [2.24, 2.45) is 0 Å². The summed E-state index contributed by atoms with van der Waals surface area (Å²) in [4.78, 5) is 23.9. The van der Waals surface area contributed by atoms with Crippen molar-refractivity contribution in [3.8, 4) is 0 Å². The Morgan fingerprint density at radius 3 is 2.40 bits per heavy atom. The molecule has 30 heavy (non-hydrogen) atoms. The van der Waals surface area contributed by atoms with Crippen molar-refractivity contribution < 1.29 is 4.79 Å². The fraction of sp³-hybridized carbons (Fsp3) is 0.286. The molecule has 2 aromatic heterocycles. The van der Waals surface area contributed by atoms with Crippen LogP contribution in [0.2, 0.25) is 8.67 Å². The van der Waals surface area contributed by atoms with E-state index in [-0.39, 0.29) is 5.91 Å². The predicted octanol–water partition coefficient (Wildman–Crippen LogP) is 6.14. The molecule has 0 unspecified atom stereocenters. The molecule has 2 N–H and O–H groups in total. The molecule has 0 aliphatic carbocycles. The van der Waals surface area contributed by atoms with Gasteiger partial charge in [-0.25, -0.2) is 4.98 Å². The van der Waals surface area contributed by atoms with E-state index in [1.54, 1.807) is 6.07 Å². The zero-order chi connectivity index (χ0) is 21.1. The molecule has 0 bridgehead atoms. The first-order chi connectivity index (χ1) is 14.5. The molecule has 1 aromatic carbocycles. The van der Waals surface area contributed by atoms with E-state index in [1.807, 2.05) is 37.3 Å². The van der Waals surface area contributed by atoms with Gasteiger partial charge in [-0.2, -0.15) is 4.98 Å². The third kappa shape index (κ3) is 5.03. The Morgan fingerprint density at radius 2 is 1.73 bits per heavy atom. The third-order valence-corrected chi connectivity index (χ3v) is 6.29. The molecule has 0 spiro atoms. The van der Waals surface area contributed by atoms with Gasteiger partial charge in [0.2, 0.25) is 5.95 Å². The highest BCUT2D eigenvalue weighted by atomic mass is 35.5. The average Bonchev–Trinajstić information content (AvgIpc) is 3.08. The number of aryl methyl sites for hydroxylation is 1. The highest BCUT2D eigenvalue weighted by molar-refractivity contribution is 7.20. The van der Waals surface area contributed by atoms with Crippen molar-refractivity contribution in [3.05, 3.63) is 56.3 Å². The Balaban J connectivity index is 1.44. The summed E-state index contributed by atoms with van der Waals surface area (Å²) in [6, 6.07) is 10.9. The minimum atomic E-state index is -0.290. The predicted molar refractivity (Wildman–Crippen MR) is 125 cm³/mol. The molecule has 156 valence electrons. The first-order valence-electron chi connectivity index (χ1n) is 9.72. The fourth-order valence-electron chi connectivity index (χ4n) is 3.33. The lowest BCUT2D eigenvalue weighted by atomic mass is 10.1. The number of anilines is 4. The van der Waals surface area contributed by atoms with Crippen LogP contribution in [-0.2, 0) is 0 Å². The van der Waals surface area contributed by atoms with E-state index >= 15 is 0 Å². The van der Waals surface area contributed by atoms with Crippen LogP contribution in [0.25, 0.3) is 0 Å². The summed E-state index contributed by atoms with van der Waals surface area (Å²) in [6.07, 6.45) is 3.62. The first-order valence-corrected chi connectivity index (χ1v) is 11.3. The van der Waals surface area contributed by atoms with Crippen LogP contribution in [0.15, 0.2) is 36.4 Å². The smallest absolute Gasteiger partial charge is 0.258 e. The fourth-order valence-corrected chi connectivity index (χ4v) is 4.79. The quantitative estimate of drug-likeness (QED) is 0.477. The number of hydrogen-bond donors (Lipinski definition) is 2. The summed E-state index contributed by atoms with van der Waals surface area (Å²) < 4.78 is 0.855. The van der Waals surface area contributed by atoms with Crippen LogP contribution in [0.1, 0.15) is 35.3 Å². The van der Waals surface area contributed by atoms with Gasteiger partial charge in [0.05, 0.1) is 9.90 Å². The topological polar surface area (TPSA) is 70.2 Å². The number of rotatable bonds is 5. The second kappa shape index (κ2) is 9.20. The van der Waals surface area contributed by atoms with Gasteiger partial charge in [-0.1, -0.05) is 23.2 Å². The molecule has 0 radical (unpaired) electrons. The zero-order valence-corrected chi connectivity index (χ0v) is 18.7. The van der Waals surface area contributed by atoms with Gasteiger partial charge in [0.1, 0.15) is 10.2 Å². The molecular formula is C21H21Cl2N5OS. The SMILES string of the molecule is Cc1cc(Nc2ccc(NC(=O)c3cc(Cl)sc3Cl)cc2)nc(N2CCCCC2)n1. The number of nitrogens with one attached hydrogen (secondary N) is 2. The molecule has 6 nitrogen and oxygen atoms in total. The summed E-state index contributed by atoms with van der Waals surface area (Å²) in [5.74, 6) is 1.23. The van der Waals surface area contributed by atoms with Gasteiger partial charge in [-0.15, -0.1) is 11.3 Å². The van der Waals surface area contributed by atoms with Crippen LogP contribution < -0.4 is 15.5 Å². The summed E-state index contributed by atoms with van der Waals surface area (Å²) in [7, 11) is 0. The van der Waals surface area contributed by atoms with Crippen molar-refractivity contribution >= 4 is 63.6 Å². The molecular weight excluding hydrogens is 441 g/mol. The molecule has 0 atom stereocenters. The van der Waals surface area contributed by atoms with E-state index in [9.17, 15) is 4.79 Å². The normalized spacial score (nSPS) is 13.9. The Labute approximate surface area is 189 Å². The van der Waals surface area contributed by atoms with E-state index in [1.165, 1.54) is 30.6 Å². The van der Waals surface area contributed by atoms with Crippen LogP contribution in [-0.4, -0.2) is 29.0 Å². The molecule has 0 saturated carbocycles. The van der Waals surface area contributed by atoms with Gasteiger partial charge < -0.3 is 15.5 Å². The lowest BCUT2D eigenvalue weighted by Gasteiger charge is -2.27. The molecule has 3 heterocycles. The number of aromatic nitrogens is 2. The molecule has 4 rings (SSSR count). The minimum Gasteiger partial charge on any atom is -0.341 e. The monoisotopic (exact) mass is 461 g/mol. The number of piperidine rings is 1. The summed E-state index contributed by atoms with van der Waals surface area (Å²) >= 11 is 13.1. The van der Waals surface area contributed by atoms with Crippen molar-refractivity contribution in [3.63, 3.8) is 0 Å². The standard InChI is InChI=1S/C21H21Cl2N5OS/c1-13-11-18(27-21(24-13)28-9-3-2-4-10-28)25-14-5-7-15(8-6-14)26-20(29)16-12-17(22)30-19(16)23/h5-8,11-12H,2-4,9-10H2,1H3,(H,26,29)(H,24,25,27). The molecule has 1 aliphatic rings.